The molecule has 0 bridgehead atoms. The molecule has 0 saturated carbocycles. The molecular formula is C19H24Cl2N4O2. The SMILES string of the molecule is Cl.O=[N+]([O-])c1ccc(CN(Cc2ccccn2)C2CCCNCC2)cc1Cl. The molecule has 1 aliphatic heterocycles. The van der Waals surface area contributed by atoms with E-state index in [1.807, 2.05) is 24.4 Å². The molecule has 1 aliphatic rings. The molecule has 0 aliphatic carbocycles. The van der Waals surface area contributed by atoms with Gasteiger partial charge >= 0.3 is 0 Å². The summed E-state index contributed by atoms with van der Waals surface area (Å²) in [6, 6.07) is 11.4. The molecule has 1 saturated heterocycles. The largest absolute Gasteiger partial charge is 0.317 e. The third kappa shape index (κ3) is 6.14. The Morgan fingerprint density at radius 2 is 2.07 bits per heavy atom. The van der Waals surface area contributed by atoms with Crippen LogP contribution in [0, 0.1) is 10.1 Å². The van der Waals surface area contributed by atoms with Gasteiger partial charge in [0.15, 0.2) is 0 Å². The predicted octanol–water partition coefficient (Wildman–Crippen LogP) is 4.21. The van der Waals surface area contributed by atoms with Crippen LogP contribution in [-0.4, -0.2) is 33.9 Å². The average molecular weight is 411 g/mol. The molecule has 0 radical (unpaired) electrons. The first-order valence-corrected chi connectivity index (χ1v) is 9.29. The van der Waals surface area contributed by atoms with Crippen molar-refractivity contribution in [2.75, 3.05) is 13.1 Å². The van der Waals surface area contributed by atoms with Crippen LogP contribution in [0.1, 0.15) is 30.5 Å². The molecule has 0 amide bonds. The lowest BCUT2D eigenvalue weighted by Crippen LogP contribution is -2.35. The van der Waals surface area contributed by atoms with Gasteiger partial charge in [-0.15, -0.1) is 12.4 Å². The first-order valence-electron chi connectivity index (χ1n) is 8.91. The van der Waals surface area contributed by atoms with Crippen LogP contribution in [0.4, 0.5) is 5.69 Å². The van der Waals surface area contributed by atoms with E-state index < -0.39 is 4.92 Å². The highest BCUT2D eigenvalue weighted by molar-refractivity contribution is 6.32. The molecule has 1 N–H and O–H groups in total. The number of nitro groups is 1. The van der Waals surface area contributed by atoms with E-state index in [1.54, 1.807) is 12.1 Å². The second-order valence-corrected chi connectivity index (χ2v) is 7.01. The topological polar surface area (TPSA) is 71.3 Å². The van der Waals surface area contributed by atoms with E-state index in [0.29, 0.717) is 12.6 Å². The molecule has 0 spiro atoms. The van der Waals surface area contributed by atoms with Crippen molar-refractivity contribution in [3.05, 3.63) is 69.0 Å². The van der Waals surface area contributed by atoms with Gasteiger partial charge in [0.25, 0.3) is 5.69 Å². The second-order valence-electron chi connectivity index (χ2n) is 6.60. The lowest BCUT2D eigenvalue weighted by Gasteiger charge is -2.31. The number of halogens is 2. The van der Waals surface area contributed by atoms with Crippen LogP contribution in [0.5, 0.6) is 0 Å². The van der Waals surface area contributed by atoms with Crippen molar-refractivity contribution >= 4 is 29.7 Å². The van der Waals surface area contributed by atoms with Crippen LogP contribution in [0.25, 0.3) is 0 Å². The number of benzene rings is 1. The number of pyridine rings is 1. The van der Waals surface area contributed by atoms with Gasteiger partial charge in [-0.1, -0.05) is 23.7 Å². The number of nitrogens with one attached hydrogen (secondary N) is 1. The zero-order valence-corrected chi connectivity index (χ0v) is 16.6. The number of hydrogen-bond acceptors (Lipinski definition) is 5. The quantitative estimate of drug-likeness (QED) is 0.570. The van der Waals surface area contributed by atoms with Gasteiger partial charge in [-0.2, -0.15) is 0 Å². The van der Waals surface area contributed by atoms with Crippen molar-refractivity contribution in [1.82, 2.24) is 15.2 Å². The van der Waals surface area contributed by atoms with Crippen molar-refractivity contribution in [3.8, 4) is 0 Å². The van der Waals surface area contributed by atoms with E-state index in [4.69, 9.17) is 11.6 Å². The summed E-state index contributed by atoms with van der Waals surface area (Å²) < 4.78 is 0. The highest BCUT2D eigenvalue weighted by atomic mass is 35.5. The van der Waals surface area contributed by atoms with Crippen molar-refractivity contribution in [2.24, 2.45) is 0 Å². The fourth-order valence-corrected chi connectivity index (χ4v) is 3.68. The predicted molar refractivity (Wildman–Crippen MR) is 109 cm³/mol. The van der Waals surface area contributed by atoms with Gasteiger partial charge in [0, 0.05) is 31.4 Å². The summed E-state index contributed by atoms with van der Waals surface area (Å²) in [5.74, 6) is 0. The number of nitro benzene ring substituents is 1. The van der Waals surface area contributed by atoms with Crippen LogP contribution < -0.4 is 5.32 Å². The van der Waals surface area contributed by atoms with Crippen LogP contribution in [0.3, 0.4) is 0 Å². The maximum Gasteiger partial charge on any atom is 0.287 e. The zero-order valence-electron chi connectivity index (χ0n) is 15.0. The van der Waals surface area contributed by atoms with E-state index in [-0.39, 0.29) is 23.1 Å². The smallest absolute Gasteiger partial charge is 0.287 e. The molecule has 1 aromatic carbocycles. The fraction of sp³-hybridized carbons (Fsp3) is 0.421. The molecule has 2 heterocycles. The Morgan fingerprint density at radius 3 is 2.78 bits per heavy atom. The molecule has 27 heavy (non-hydrogen) atoms. The van der Waals surface area contributed by atoms with Gasteiger partial charge in [0.05, 0.1) is 10.6 Å². The van der Waals surface area contributed by atoms with Crippen molar-refractivity contribution < 1.29 is 4.92 Å². The van der Waals surface area contributed by atoms with Crippen molar-refractivity contribution in [2.45, 2.75) is 38.4 Å². The number of hydrogen-bond donors (Lipinski definition) is 1. The summed E-state index contributed by atoms with van der Waals surface area (Å²) >= 11 is 6.10. The standard InChI is InChI=1S/C19H23ClN4O2.ClH/c20-18-12-15(6-7-19(18)24(25)26)13-23(14-16-4-1-2-10-22-16)17-5-3-9-21-11-8-17;/h1-2,4,6-7,10,12,17,21H,3,5,8-9,11,13-14H2;1H. The van der Waals surface area contributed by atoms with E-state index >= 15 is 0 Å². The fourth-order valence-electron chi connectivity index (χ4n) is 3.41. The first-order chi connectivity index (χ1) is 12.6. The van der Waals surface area contributed by atoms with E-state index in [1.165, 1.54) is 6.07 Å². The molecular weight excluding hydrogens is 387 g/mol. The highest BCUT2D eigenvalue weighted by Gasteiger charge is 2.22. The minimum atomic E-state index is -0.450. The van der Waals surface area contributed by atoms with Crippen LogP contribution in [-0.2, 0) is 13.1 Å². The Labute approximate surface area is 170 Å². The first kappa shape index (κ1) is 21.6. The number of aromatic nitrogens is 1. The lowest BCUT2D eigenvalue weighted by atomic mass is 10.1. The second kappa shape index (κ2) is 10.6. The maximum atomic E-state index is 11.0. The highest BCUT2D eigenvalue weighted by Crippen LogP contribution is 2.27. The Balaban J connectivity index is 0.00000261. The van der Waals surface area contributed by atoms with E-state index in [0.717, 1.165) is 50.2 Å². The molecule has 3 rings (SSSR count). The van der Waals surface area contributed by atoms with Gasteiger partial charge in [-0.3, -0.25) is 20.0 Å². The summed E-state index contributed by atoms with van der Waals surface area (Å²) in [6.45, 7) is 3.50. The summed E-state index contributed by atoms with van der Waals surface area (Å²) in [5, 5.41) is 14.6. The molecule has 8 heteroatoms. The minimum Gasteiger partial charge on any atom is -0.317 e. The molecule has 2 aromatic rings. The van der Waals surface area contributed by atoms with Crippen LogP contribution >= 0.6 is 24.0 Å². The third-order valence-electron chi connectivity index (χ3n) is 4.75. The molecule has 1 fully saturated rings. The van der Waals surface area contributed by atoms with Gasteiger partial charge in [-0.25, -0.2) is 0 Å². The number of nitrogens with zero attached hydrogens (tertiary/aromatic N) is 3. The molecule has 1 atom stereocenters. The number of rotatable bonds is 6. The van der Waals surface area contributed by atoms with Crippen LogP contribution in [0.15, 0.2) is 42.6 Å². The summed E-state index contributed by atoms with van der Waals surface area (Å²) in [7, 11) is 0. The normalized spacial score (nSPS) is 17.2. The van der Waals surface area contributed by atoms with Crippen LogP contribution in [0.2, 0.25) is 5.02 Å². The Morgan fingerprint density at radius 1 is 1.22 bits per heavy atom. The molecule has 6 nitrogen and oxygen atoms in total. The van der Waals surface area contributed by atoms with Gasteiger partial charge in [0.2, 0.25) is 0 Å². The maximum absolute atomic E-state index is 11.0. The van der Waals surface area contributed by atoms with Gasteiger partial charge < -0.3 is 5.32 Å². The minimum absolute atomic E-state index is 0. The Bertz CT molecular complexity index is 738. The van der Waals surface area contributed by atoms with Gasteiger partial charge in [0.1, 0.15) is 5.02 Å². The summed E-state index contributed by atoms with van der Waals surface area (Å²) in [4.78, 5) is 17.4. The van der Waals surface area contributed by atoms with E-state index in [9.17, 15) is 10.1 Å². The molecule has 1 unspecified atom stereocenters. The summed E-state index contributed by atoms with van der Waals surface area (Å²) in [5.41, 5.74) is 1.96. The van der Waals surface area contributed by atoms with E-state index in [2.05, 4.69) is 15.2 Å². The molecule has 1 aromatic heterocycles. The lowest BCUT2D eigenvalue weighted by molar-refractivity contribution is -0.384. The van der Waals surface area contributed by atoms with Gasteiger partial charge in [-0.05, 0) is 56.1 Å². The molecule has 146 valence electrons. The zero-order chi connectivity index (χ0) is 18.4. The van der Waals surface area contributed by atoms with Crippen molar-refractivity contribution in [1.29, 1.82) is 0 Å². The Hall–Kier alpha value is -1.73. The third-order valence-corrected chi connectivity index (χ3v) is 5.05. The average Bonchev–Trinajstić information content (AvgIpc) is 2.91. The monoisotopic (exact) mass is 410 g/mol. The Kier molecular flexibility index (Phi) is 8.44. The van der Waals surface area contributed by atoms with Crippen molar-refractivity contribution in [3.63, 3.8) is 0 Å². The summed E-state index contributed by atoms with van der Waals surface area (Å²) in [6.07, 6.45) is 5.16.